The van der Waals surface area contributed by atoms with Gasteiger partial charge in [0.2, 0.25) is 5.28 Å². The van der Waals surface area contributed by atoms with E-state index in [1.54, 1.807) is 6.07 Å². The fourth-order valence-electron chi connectivity index (χ4n) is 2.76. The first-order chi connectivity index (χ1) is 12.6. The normalized spacial score (nSPS) is 15.4. The number of hydrogen-bond donors (Lipinski definition) is 1. The Bertz CT molecular complexity index is 992. The van der Waals surface area contributed by atoms with Crippen LogP contribution in [0.2, 0.25) is 10.3 Å². The first-order valence-electron chi connectivity index (χ1n) is 7.91. The summed E-state index contributed by atoms with van der Waals surface area (Å²) in [4.78, 5) is 19.3. The van der Waals surface area contributed by atoms with E-state index in [2.05, 4.69) is 25.3 Å². The highest BCUT2D eigenvalue weighted by Gasteiger charge is 2.22. The average Bonchev–Trinajstić information content (AvgIpc) is 2.64. The van der Waals surface area contributed by atoms with E-state index in [0.717, 1.165) is 0 Å². The van der Waals surface area contributed by atoms with Gasteiger partial charge >= 0.3 is 0 Å². The van der Waals surface area contributed by atoms with E-state index in [1.807, 2.05) is 23.1 Å². The lowest BCUT2D eigenvalue weighted by Gasteiger charge is -2.27. The Labute approximate surface area is 162 Å². The molecule has 0 radical (unpaired) electrons. The van der Waals surface area contributed by atoms with Crippen molar-refractivity contribution in [3.63, 3.8) is 0 Å². The van der Waals surface area contributed by atoms with E-state index in [1.165, 1.54) is 6.33 Å². The van der Waals surface area contributed by atoms with Crippen molar-refractivity contribution in [3.05, 3.63) is 40.9 Å². The predicted molar refractivity (Wildman–Crippen MR) is 105 cm³/mol. The summed E-state index contributed by atoms with van der Waals surface area (Å²) < 4.78 is 11.6. The zero-order valence-corrected chi connectivity index (χ0v) is 15.9. The van der Waals surface area contributed by atoms with Crippen molar-refractivity contribution in [3.8, 4) is 0 Å². The fraction of sp³-hybridized carbons (Fsp3) is 0.250. The topological polar surface area (TPSA) is 83.9 Å². The molecule has 3 heterocycles. The van der Waals surface area contributed by atoms with Gasteiger partial charge in [0.1, 0.15) is 17.4 Å². The van der Waals surface area contributed by atoms with Crippen LogP contribution in [0.5, 0.6) is 0 Å². The molecular weight excluding hydrogens is 395 g/mol. The predicted octanol–water partition coefficient (Wildman–Crippen LogP) is 3.04. The second-order valence-corrected chi connectivity index (χ2v) is 8.12. The molecule has 0 spiro atoms. The minimum atomic E-state index is -0.785. The van der Waals surface area contributed by atoms with E-state index < -0.39 is 10.8 Å². The van der Waals surface area contributed by atoms with Crippen LogP contribution >= 0.6 is 23.2 Å². The molecule has 0 saturated carbocycles. The van der Waals surface area contributed by atoms with Crippen molar-refractivity contribution in [2.24, 2.45) is 0 Å². The molecule has 0 aliphatic carbocycles. The molecule has 4 rings (SSSR count). The van der Waals surface area contributed by atoms with Gasteiger partial charge < -0.3 is 10.2 Å². The van der Waals surface area contributed by atoms with E-state index in [4.69, 9.17) is 23.2 Å². The van der Waals surface area contributed by atoms with Gasteiger partial charge in [-0.15, -0.1) is 0 Å². The molecule has 1 aliphatic heterocycles. The van der Waals surface area contributed by atoms with Gasteiger partial charge in [-0.1, -0.05) is 23.7 Å². The Hall–Kier alpha value is -2.03. The lowest BCUT2D eigenvalue weighted by molar-refractivity contribution is 0.672. The average molecular weight is 409 g/mol. The van der Waals surface area contributed by atoms with E-state index >= 15 is 0 Å². The molecule has 7 nitrogen and oxygen atoms in total. The molecule has 1 saturated heterocycles. The SMILES string of the molecule is O=S1CCN(c2nc(Cl)nc3c(Nc4ccccc4Cl)ncnc23)CC1. The number of halogens is 2. The quantitative estimate of drug-likeness (QED) is 0.666. The third-order valence-electron chi connectivity index (χ3n) is 4.04. The molecule has 1 N–H and O–H groups in total. The van der Waals surface area contributed by atoms with Crippen LogP contribution < -0.4 is 10.2 Å². The van der Waals surface area contributed by atoms with Gasteiger partial charge in [0.05, 0.1) is 10.7 Å². The molecule has 1 fully saturated rings. The monoisotopic (exact) mass is 408 g/mol. The van der Waals surface area contributed by atoms with Gasteiger partial charge in [-0.2, -0.15) is 4.98 Å². The van der Waals surface area contributed by atoms with Crippen molar-refractivity contribution >= 4 is 62.4 Å². The molecule has 10 heteroatoms. The van der Waals surface area contributed by atoms with E-state index in [0.29, 0.717) is 58.0 Å². The van der Waals surface area contributed by atoms with Crippen molar-refractivity contribution in [2.45, 2.75) is 0 Å². The van der Waals surface area contributed by atoms with Crippen LogP contribution in [-0.2, 0) is 10.8 Å². The van der Waals surface area contributed by atoms with E-state index in [-0.39, 0.29) is 5.28 Å². The van der Waals surface area contributed by atoms with Gasteiger partial charge in [-0.05, 0) is 23.7 Å². The maximum absolute atomic E-state index is 11.6. The zero-order chi connectivity index (χ0) is 18.1. The number of rotatable bonds is 3. The highest BCUT2D eigenvalue weighted by molar-refractivity contribution is 7.85. The van der Waals surface area contributed by atoms with Gasteiger partial charge in [-0.3, -0.25) is 4.21 Å². The number of nitrogens with one attached hydrogen (secondary N) is 1. The highest BCUT2D eigenvalue weighted by atomic mass is 35.5. The molecule has 2 aromatic heterocycles. The minimum Gasteiger partial charge on any atom is -0.353 e. The van der Waals surface area contributed by atoms with Crippen molar-refractivity contribution < 1.29 is 4.21 Å². The number of benzene rings is 1. The van der Waals surface area contributed by atoms with Crippen LogP contribution in [0.25, 0.3) is 11.0 Å². The summed E-state index contributed by atoms with van der Waals surface area (Å²) in [6, 6.07) is 7.36. The summed E-state index contributed by atoms with van der Waals surface area (Å²) in [6.07, 6.45) is 1.45. The Kier molecular flexibility index (Phi) is 4.88. The Morgan fingerprint density at radius 3 is 2.58 bits per heavy atom. The summed E-state index contributed by atoms with van der Waals surface area (Å²) in [5.41, 5.74) is 1.81. The summed E-state index contributed by atoms with van der Waals surface area (Å²) in [6.45, 7) is 1.26. The van der Waals surface area contributed by atoms with Crippen LogP contribution in [0.15, 0.2) is 30.6 Å². The van der Waals surface area contributed by atoms with Crippen molar-refractivity contribution in [1.82, 2.24) is 19.9 Å². The summed E-state index contributed by atoms with van der Waals surface area (Å²) in [5, 5.41) is 3.86. The third-order valence-corrected chi connectivity index (χ3v) is 5.81. The number of hydrogen-bond acceptors (Lipinski definition) is 7. The van der Waals surface area contributed by atoms with Gasteiger partial charge in [0.15, 0.2) is 11.6 Å². The number of para-hydroxylation sites is 1. The Morgan fingerprint density at radius 1 is 1.04 bits per heavy atom. The lowest BCUT2D eigenvalue weighted by Crippen LogP contribution is -2.38. The molecule has 1 aromatic carbocycles. The highest BCUT2D eigenvalue weighted by Crippen LogP contribution is 2.31. The van der Waals surface area contributed by atoms with Crippen LogP contribution in [0.4, 0.5) is 17.3 Å². The van der Waals surface area contributed by atoms with Gasteiger partial charge in [-0.25, -0.2) is 15.0 Å². The Balaban J connectivity index is 1.79. The van der Waals surface area contributed by atoms with Gasteiger partial charge in [0.25, 0.3) is 0 Å². The minimum absolute atomic E-state index is 0.108. The van der Waals surface area contributed by atoms with Crippen LogP contribution in [0.1, 0.15) is 0 Å². The zero-order valence-electron chi connectivity index (χ0n) is 13.5. The first-order valence-corrected chi connectivity index (χ1v) is 10.2. The second kappa shape index (κ2) is 7.30. The molecule has 3 aromatic rings. The summed E-state index contributed by atoms with van der Waals surface area (Å²) in [7, 11) is -0.785. The van der Waals surface area contributed by atoms with Crippen LogP contribution in [-0.4, -0.2) is 48.7 Å². The number of anilines is 3. The summed E-state index contributed by atoms with van der Waals surface area (Å²) >= 11 is 12.4. The fourth-order valence-corrected chi connectivity index (χ4v) is 4.16. The Morgan fingerprint density at radius 2 is 1.81 bits per heavy atom. The van der Waals surface area contributed by atoms with Crippen molar-refractivity contribution in [1.29, 1.82) is 0 Å². The largest absolute Gasteiger partial charge is 0.353 e. The maximum atomic E-state index is 11.6. The van der Waals surface area contributed by atoms with Crippen molar-refractivity contribution in [2.75, 3.05) is 34.8 Å². The first kappa shape index (κ1) is 17.4. The number of nitrogens with zero attached hydrogens (tertiary/aromatic N) is 5. The molecule has 134 valence electrons. The van der Waals surface area contributed by atoms with Crippen LogP contribution in [0, 0.1) is 0 Å². The maximum Gasteiger partial charge on any atom is 0.225 e. The molecule has 0 unspecified atom stereocenters. The molecule has 26 heavy (non-hydrogen) atoms. The second-order valence-electron chi connectivity index (χ2n) is 5.68. The number of aromatic nitrogens is 4. The molecule has 1 aliphatic rings. The summed E-state index contributed by atoms with van der Waals surface area (Å²) in [5.74, 6) is 2.31. The number of fused-ring (bicyclic) bond motifs is 1. The van der Waals surface area contributed by atoms with Gasteiger partial charge in [0, 0.05) is 35.4 Å². The third kappa shape index (κ3) is 3.44. The molecule has 0 bridgehead atoms. The molecular formula is C16H14Cl2N6OS. The standard InChI is InChI=1S/C16H14Cl2N6OS/c17-10-3-1-2-4-11(10)21-14-12-13(19-9-20-14)15(23-16(18)22-12)24-5-7-26(25)8-6-24/h1-4,9H,5-8H2,(H,19,20,21). The lowest BCUT2D eigenvalue weighted by atomic mass is 10.3. The molecule has 0 amide bonds. The molecule has 0 atom stereocenters. The smallest absolute Gasteiger partial charge is 0.225 e. The van der Waals surface area contributed by atoms with E-state index in [9.17, 15) is 4.21 Å². The van der Waals surface area contributed by atoms with Crippen LogP contribution in [0.3, 0.4) is 0 Å².